The van der Waals surface area contributed by atoms with Crippen molar-refractivity contribution in [3.8, 4) is 0 Å². The predicted molar refractivity (Wildman–Crippen MR) is 92.8 cm³/mol. The molecule has 28 heavy (non-hydrogen) atoms. The van der Waals surface area contributed by atoms with Crippen LogP contribution in [0, 0.1) is 0 Å². The minimum Gasteiger partial charge on any atom is -0.322 e. The van der Waals surface area contributed by atoms with Crippen molar-refractivity contribution in [2.45, 2.75) is 50.6 Å². The van der Waals surface area contributed by atoms with E-state index in [-0.39, 0.29) is 44.2 Å². The maximum absolute atomic E-state index is 12.7. The van der Waals surface area contributed by atoms with Gasteiger partial charge in [0.1, 0.15) is 12.1 Å². The van der Waals surface area contributed by atoms with Crippen molar-refractivity contribution in [3.05, 3.63) is 34.9 Å². The van der Waals surface area contributed by atoms with Crippen molar-refractivity contribution in [3.63, 3.8) is 0 Å². The number of imide groups is 1. The van der Waals surface area contributed by atoms with E-state index < -0.39 is 24.2 Å². The highest BCUT2D eigenvalue weighted by Gasteiger charge is 2.39. The number of benzene rings is 1. The van der Waals surface area contributed by atoms with Gasteiger partial charge in [-0.15, -0.1) is 0 Å². The molecule has 1 aromatic rings. The second-order valence-electron chi connectivity index (χ2n) is 7.01. The number of amides is 3. The van der Waals surface area contributed by atoms with E-state index in [9.17, 15) is 27.6 Å². The number of rotatable bonds is 6. The molecule has 2 aliphatic rings. The second kappa shape index (κ2) is 7.88. The van der Waals surface area contributed by atoms with Crippen molar-refractivity contribution in [1.29, 1.82) is 0 Å². The third-order valence-corrected chi connectivity index (χ3v) is 4.97. The first-order valence-electron chi connectivity index (χ1n) is 8.96. The number of nitrogens with zero attached hydrogens (tertiary/aromatic N) is 1. The van der Waals surface area contributed by atoms with Crippen LogP contribution in [0.25, 0.3) is 0 Å². The summed E-state index contributed by atoms with van der Waals surface area (Å²) >= 11 is 0. The van der Waals surface area contributed by atoms with Gasteiger partial charge in [0.15, 0.2) is 0 Å². The highest BCUT2D eigenvalue weighted by atomic mass is 19.4. The van der Waals surface area contributed by atoms with Gasteiger partial charge in [-0.25, -0.2) is 0 Å². The SMILES string of the molecule is NC(CCNCc1ccc2c(c1)C(=O)N(C1CCC(=O)NC1=O)C2)C(F)(F)F. The molecule has 7 nitrogen and oxygen atoms in total. The van der Waals surface area contributed by atoms with Gasteiger partial charge in [-0.3, -0.25) is 19.7 Å². The monoisotopic (exact) mass is 398 g/mol. The smallest absolute Gasteiger partial charge is 0.322 e. The third-order valence-electron chi connectivity index (χ3n) is 4.97. The van der Waals surface area contributed by atoms with Crippen LogP contribution in [0.5, 0.6) is 0 Å². The highest BCUT2D eigenvalue weighted by molar-refractivity contribution is 6.05. The van der Waals surface area contributed by atoms with E-state index in [0.717, 1.165) is 11.1 Å². The first-order valence-corrected chi connectivity index (χ1v) is 8.96. The zero-order chi connectivity index (χ0) is 20.5. The lowest BCUT2D eigenvalue weighted by Gasteiger charge is -2.29. The van der Waals surface area contributed by atoms with Gasteiger partial charge >= 0.3 is 6.18 Å². The van der Waals surface area contributed by atoms with Gasteiger partial charge in [0.25, 0.3) is 5.91 Å². The summed E-state index contributed by atoms with van der Waals surface area (Å²) in [7, 11) is 0. The summed E-state index contributed by atoms with van der Waals surface area (Å²) in [5.74, 6) is -1.10. The number of hydrogen-bond acceptors (Lipinski definition) is 5. The van der Waals surface area contributed by atoms with Crippen molar-refractivity contribution in [1.82, 2.24) is 15.5 Å². The number of halogens is 3. The lowest BCUT2D eigenvalue weighted by Crippen LogP contribution is -2.52. The summed E-state index contributed by atoms with van der Waals surface area (Å²) < 4.78 is 37.2. The molecule has 1 fully saturated rings. The van der Waals surface area contributed by atoms with E-state index in [0.29, 0.717) is 12.1 Å². The van der Waals surface area contributed by atoms with Crippen LogP contribution in [0.1, 0.15) is 40.7 Å². The summed E-state index contributed by atoms with van der Waals surface area (Å²) in [5.41, 5.74) is 7.05. The lowest BCUT2D eigenvalue weighted by atomic mass is 10.0. The molecule has 3 rings (SSSR count). The molecule has 2 heterocycles. The van der Waals surface area contributed by atoms with Crippen LogP contribution >= 0.6 is 0 Å². The zero-order valence-electron chi connectivity index (χ0n) is 15.0. The van der Waals surface area contributed by atoms with Crippen molar-refractivity contribution < 1.29 is 27.6 Å². The molecule has 3 amide bonds. The van der Waals surface area contributed by atoms with Gasteiger partial charge < -0.3 is 16.0 Å². The van der Waals surface area contributed by atoms with Crippen LogP contribution in [0.4, 0.5) is 13.2 Å². The summed E-state index contributed by atoms with van der Waals surface area (Å²) in [6.07, 6.45) is -4.18. The lowest BCUT2D eigenvalue weighted by molar-refractivity contribution is -0.148. The molecule has 2 unspecified atom stereocenters. The predicted octanol–water partition coefficient (Wildman–Crippen LogP) is 0.817. The number of carbonyl (C=O) groups excluding carboxylic acids is 3. The Morgan fingerprint density at radius 1 is 1.29 bits per heavy atom. The summed E-state index contributed by atoms with van der Waals surface area (Å²) in [4.78, 5) is 37.5. The van der Waals surface area contributed by atoms with Gasteiger partial charge in [-0.05, 0) is 36.6 Å². The van der Waals surface area contributed by atoms with E-state index in [2.05, 4.69) is 10.6 Å². The molecular formula is C18H21F3N4O3. The molecule has 0 aliphatic carbocycles. The molecule has 10 heteroatoms. The summed E-state index contributed by atoms with van der Waals surface area (Å²) in [6, 6.07) is 2.70. The number of piperidine rings is 1. The van der Waals surface area contributed by atoms with E-state index in [1.165, 1.54) is 4.90 Å². The molecule has 0 saturated carbocycles. The van der Waals surface area contributed by atoms with Crippen LogP contribution in [0.15, 0.2) is 18.2 Å². The van der Waals surface area contributed by atoms with E-state index in [4.69, 9.17) is 5.73 Å². The van der Waals surface area contributed by atoms with Gasteiger partial charge in [0.05, 0.1) is 0 Å². The quantitative estimate of drug-likeness (QED) is 0.486. The Bertz CT molecular complexity index is 797. The molecule has 0 bridgehead atoms. The number of alkyl halides is 3. The second-order valence-corrected chi connectivity index (χ2v) is 7.01. The molecule has 0 spiro atoms. The van der Waals surface area contributed by atoms with Crippen LogP contribution in [0.2, 0.25) is 0 Å². The topological polar surface area (TPSA) is 105 Å². The molecule has 2 aliphatic heterocycles. The molecule has 0 aromatic heterocycles. The molecule has 4 N–H and O–H groups in total. The van der Waals surface area contributed by atoms with Crippen molar-refractivity contribution in [2.24, 2.45) is 5.73 Å². The largest absolute Gasteiger partial charge is 0.403 e. The number of nitrogens with one attached hydrogen (secondary N) is 2. The normalized spacial score (nSPS) is 20.9. The maximum atomic E-state index is 12.7. The Labute approximate surface area is 159 Å². The van der Waals surface area contributed by atoms with Crippen LogP contribution < -0.4 is 16.4 Å². The number of fused-ring (bicyclic) bond motifs is 1. The molecule has 0 radical (unpaired) electrons. The number of hydrogen-bond donors (Lipinski definition) is 3. The summed E-state index contributed by atoms with van der Waals surface area (Å²) in [5, 5.41) is 5.14. The van der Waals surface area contributed by atoms with E-state index in [1.807, 2.05) is 0 Å². The van der Waals surface area contributed by atoms with Crippen LogP contribution in [-0.4, -0.2) is 47.4 Å². The highest BCUT2D eigenvalue weighted by Crippen LogP contribution is 2.28. The average molecular weight is 398 g/mol. The fraction of sp³-hybridized carbons (Fsp3) is 0.500. The third kappa shape index (κ3) is 4.33. The van der Waals surface area contributed by atoms with Gasteiger partial charge in [0.2, 0.25) is 11.8 Å². The Morgan fingerprint density at radius 3 is 2.71 bits per heavy atom. The van der Waals surface area contributed by atoms with Crippen LogP contribution in [0.3, 0.4) is 0 Å². The Hall–Kier alpha value is -2.46. The van der Waals surface area contributed by atoms with Gasteiger partial charge in [-0.2, -0.15) is 13.2 Å². The Balaban J connectivity index is 1.58. The molecule has 1 saturated heterocycles. The van der Waals surface area contributed by atoms with Crippen molar-refractivity contribution in [2.75, 3.05) is 6.54 Å². The first-order chi connectivity index (χ1) is 13.2. The molecular weight excluding hydrogens is 377 g/mol. The molecule has 2 atom stereocenters. The standard InChI is InChI=1S/C18H21F3N4O3/c19-18(20,21)14(22)5-6-23-8-10-1-2-11-9-25(17(28)12(11)7-10)13-3-4-15(26)24-16(13)27/h1-2,7,13-14,23H,3-6,8-9,22H2,(H,24,26,27). The summed E-state index contributed by atoms with van der Waals surface area (Å²) in [6.45, 7) is 0.673. The van der Waals surface area contributed by atoms with Crippen LogP contribution in [-0.2, 0) is 22.7 Å². The first kappa shape index (κ1) is 20.3. The average Bonchev–Trinajstić information content (AvgIpc) is 2.94. The zero-order valence-corrected chi connectivity index (χ0v) is 15.0. The van der Waals surface area contributed by atoms with Gasteiger partial charge in [0, 0.05) is 25.1 Å². The molecule has 1 aromatic carbocycles. The van der Waals surface area contributed by atoms with Gasteiger partial charge in [-0.1, -0.05) is 12.1 Å². The van der Waals surface area contributed by atoms with E-state index in [1.54, 1.807) is 18.2 Å². The fourth-order valence-electron chi connectivity index (χ4n) is 3.37. The fourth-order valence-corrected chi connectivity index (χ4v) is 3.37. The van der Waals surface area contributed by atoms with Crippen molar-refractivity contribution >= 4 is 17.7 Å². The maximum Gasteiger partial charge on any atom is 0.403 e. The number of carbonyl (C=O) groups is 3. The number of nitrogens with two attached hydrogens (primary N) is 1. The van der Waals surface area contributed by atoms with E-state index >= 15 is 0 Å². The Morgan fingerprint density at radius 2 is 2.04 bits per heavy atom. The Kier molecular flexibility index (Phi) is 5.71. The minimum absolute atomic E-state index is 0.0914. The minimum atomic E-state index is -4.42. The molecule has 152 valence electrons.